The van der Waals surface area contributed by atoms with Gasteiger partial charge in [-0.15, -0.1) is 0 Å². The average Bonchev–Trinajstić information content (AvgIpc) is 2.53. The maximum atomic E-state index is 12.2. The summed E-state index contributed by atoms with van der Waals surface area (Å²) in [6.07, 6.45) is 1.19. The Bertz CT molecular complexity index is 620. The molecule has 0 heterocycles. The first-order chi connectivity index (χ1) is 10.1. The zero-order valence-corrected chi connectivity index (χ0v) is 13.6. The van der Waals surface area contributed by atoms with E-state index < -0.39 is 0 Å². The summed E-state index contributed by atoms with van der Waals surface area (Å²) in [5, 5.41) is 0. The summed E-state index contributed by atoms with van der Waals surface area (Å²) in [6, 6.07) is 13.2. The van der Waals surface area contributed by atoms with Crippen molar-refractivity contribution < 1.29 is 14.3 Å². The molecule has 0 saturated heterocycles. The van der Waals surface area contributed by atoms with E-state index in [-0.39, 0.29) is 5.78 Å². The van der Waals surface area contributed by atoms with Crippen LogP contribution in [0.2, 0.25) is 0 Å². The van der Waals surface area contributed by atoms with Crippen molar-refractivity contribution in [3.8, 4) is 11.5 Å². The number of carbonyl (C=O) groups is 1. The topological polar surface area (TPSA) is 35.5 Å². The fourth-order valence-corrected chi connectivity index (χ4v) is 2.57. The van der Waals surface area contributed by atoms with E-state index in [1.807, 2.05) is 24.3 Å². The molecule has 3 nitrogen and oxygen atoms in total. The van der Waals surface area contributed by atoms with Crippen LogP contribution in [0.25, 0.3) is 0 Å². The summed E-state index contributed by atoms with van der Waals surface area (Å²) in [4.78, 5) is 12.2. The highest BCUT2D eigenvalue weighted by Crippen LogP contribution is 2.26. The van der Waals surface area contributed by atoms with Gasteiger partial charge in [-0.1, -0.05) is 12.1 Å². The van der Waals surface area contributed by atoms with Crippen LogP contribution < -0.4 is 9.47 Å². The summed E-state index contributed by atoms with van der Waals surface area (Å²) in [7, 11) is 3.24. The molecule has 4 heteroatoms. The van der Waals surface area contributed by atoms with Gasteiger partial charge in [0.05, 0.1) is 18.7 Å². The highest BCUT2D eigenvalue weighted by Gasteiger charge is 2.09. The second-order valence-electron chi connectivity index (χ2n) is 4.62. The number of carbonyl (C=O) groups excluding carboxylic acids is 1. The van der Waals surface area contributed by atoms with Crippen molar-refractivity contribution in [2.45, 2.75) is 12.8 Å². The van der Waals surface area contributed by atoms with Crippen molar-refractivity contribution in [2.75, 3.05) is 14.2 Å². The van der Waals surface area contributed by atoms with E-state index in [9.17, 15) is 4.79 Å². The smallest absolute Gasteiger partial charge is 0.163 e. The lowest BCUT2D eigenvalue weighted by Crippen LogP contribution is -2.01. The monoisotopic (exact) mass is 348 g/mol. The van der Waals surface area contributed by atoms with Gasteiger partial charge in [0, 0.05) is 12.0 Å². The van der Waals surface area contributed by atoms with Gasteiger partial charge in [0.1, 0.15) is 11.5 Å². The maximum absolute atomic E-state index is 12.2. The van der Waals surface area contributed by atoms with Gasteiger partial charge in [-0.3, -0.25) is 4.79 Å². The van der Waals surface area contributed by atoms with Crippen molar-refractivity contribution in [3.05, 3.63) is 58.1 Å². The molecule has 0 bridgehead atoms. The molecule has 0 unspecified atom stereocenters. The van der Waals surface area contributed by atoms with E-state index in [1.54, 1.807) is 32.4 Å². The van der Waals surface area contributed by atoms with Gasteiger partial charge in [0.2, 0.25) is 0 Å². The van der Waals surface area contributed by atoms with Gasteiger partial charge in [0.15, 0.2) is 5.78 Å². The van der Waals surface area contributed by atoms with Crippen molar-refractivity contribution in [2.24, 2.45) is 0 Å². The minimum absolute atomic E-state index is 0.120. The van der Waals surface area contributed by atoms with E-state index in [0.29, 0.717) is 18.4 Å². The molecule has 0 saturated carbocycles. The zero-order chi connectivity index (χ0) is 15.2. The minimum Gasteiger partial charge on any atom is -0.497 e. The van der Waals surface area contributed by atoms with Crippen LogP contribution in [0.1, 0.15) is 22.3 Å². The predicted octanol–water partition coefficient (Wildman–Crippen LogP) is 4.28. The number of ketones is 1. The second-order valence-corrected chi connectivity index (χ2v) is 5.47. The van der Waals surface area contributed by atoms with E-state index in [2.05, 4.69) is 15.9 Å². The van der Waals surface area contributed by atoms with Crippen molar-refractivity contribution in [3.63, 3.8) is 0 Å². The van der Waals surface area contributed by atoms with Gasteiger partial charge in [-0.25, -0.2) is 0 Å². The lowest BCUT2D eigenvalue weighted by Gasteiger charge is -2.06. The third-order valence-corrected chi connectivity index (χ3v) is 3.89. The van der Waals surface area contributed by atoms with Gasteiger partial charge < -0.3 is 9.47 Å². The Morgan fingerprint density at radius 3 is 2.33 bits per heavy atom. The molecule has 2 aromatic carbocycles. The Labute approximate surface area is 133 Å². The molecule has 110 valence electrons. The number of methoxy groups -OCH3 is 2. The molecule has 0 aliphatic heterocycles. The quantitative estimate of drug-likeness (QED) is 0.730. The van der Waals surface area contributed by atoms with E-state index in [4.69, 9.17) is 9.47 Å². The zero-order valence-electron chi connectivity index (χ0n) is 12.1. The highest BCUT2D eigenvalue weighted by molar-refractivity contribution is 9.10. The standard InChI is InChI=1S/C17H17BrO3/c1-20-14-7-3-12(4-8-14)5-9-16(19)13-6-10-17(21-2)15(18)11-13/h3-4,6-8,10-11H,5,9H2,1-2H3. The fourth-order valence-electron chi connectivity index (χ4n) is 2.03. The van der Waals surface area contributed by atoms with Crippen LogP contribution in [0.15, 0.2) is 46.9 Å². The Morgan fingerprint density at radius 1 is 1.05 bits per heavy atom. The first kappa shape index (κ1) is 15.6. The van der Waals surface area contributed by atoms with Crippen LogP contribution in [0.3, 0.4) is 0 Å². The third kappa shape index (κ3) is 4.08. The van der Waals surface area contributed by atoms with Crippen molar-refractivity contribution in [1.29, 1.82) is 0 Å². The van der Waals surface area contributed by atoms with Crippen LogP contribution in [0.5, 0.6) is 11.5 Å². The Balaban J connectivity index is 1.99. The molecule has 0 amide bonds. The summed E-state index contributed by atoms with van der Waals surface area (Å²) in [5.74, 6) is 1.67. The predicted molar refractivity (Wildman–Crippen MR) is 86.3 cm³/mol. The van der Waals surface area contributed by atoms with Crippen LogP contribution in [-0.2, 0) is 6.42 Å². The molecule has 0 aliphatic rings. The number of hydrogen-bond donors (Lipinski definition) is 0. The van der Waals surface area contributed by atoms with E-state index in [1.165, 1.54) is 0 Å². The third-order valence-electron chi connectivity index (χ3n) is 3.27. The number of halogens is 1. The lowest BCUT2D eigenvalue weighted by molar-refractivity contribution is 0.0982. The molecule has 0 atom stereocenters. The normalized spacial score (nSPS) is 10.2. The summed E-state index contributed by atoms with van der Waals surface area (Å²) in [6.45, 7) is 0. The van der Waals surface area contributed by atoms with Gasteiger partial charge in [-0.2, -0.15) is 0 Å². The SMILES string of the molecule is COc1ccc(CCC(=O)c2ccc(OC)c(Br)c2)cc1. The molecular weight excluding hydrogens is 332 g/mol. The molecule has 21 heavy (non-hydrogen) atoms. The highest BCUT2D eigenvalue weighted by atomic mass is 79.9. The number of hydrogen-bond acceptors (Lipinski definition) is 3. The molecular formula is C17H17BrO3. The second kappa shape index (κ2) is 7.27. The Morgan fingerprint density at radius 2 is 1.76 bits per heavy atom. The first-order valence-electron chi connectivity index (χ1n) is 6.63. The minimum atomic E-state index is 0.120. The van der Waals surface area contributed by atoms with E-state index in [0.717, 1.165) is 21.5 Å². The number of ether oxygens (including phenoxy) is 2. The lowest BCUT2D eigenvalue weighted by atomic mass is 10.0. The first-order valence-corrected chi connectivity index (χ1v) is 7.43. The van der Waals surface area contributed by atoms with Crippen LogP contribution in [-0.4, -0.2) is 20.0 Å². The van der Waals surface area contributed by atoms with E-state index >= 15 is 0 Å². The molecule has 0 spiro atoms. The largest absolute Gasteiger partial charge is 0.497 e. The number of aryl methyl sites for hydroxylation is 1. The Kier molecular flexibility index (Phi) is 5.39. The van der Waals surface area contributed by atoms with Gasteiger partial charge >= 0.3 is 0 Å². The van der Waals surface area contributed by atoms with Gasteiger partial charge in [0.25, 0.3) is 0 Å². The average molecular weight is 349 g/mol. The fraction of sp³-hybridized carbons (Fsp3) is 0.235. The molecule has 0 aromatic heterocycles. The summed E-state index contributed by atoms with van der Waals surface area (Å²) in [5.41, 5.74) is 1.81. The molecule has 2 rings (SSSR count). The van der Waals surface area contributed by atoms with Crippen molar-refractivity contribution in [1.82, 2.24) is 0 Å². The number of benzene rings is 2. The number of rotatable bonds is 6. The molecule has 0 radical (unpaired) electrons. The van der Waals surface area contributed by atoms with Crippen LogP contribution in [0.4, 0.5) is 0 Å². The molecule has 2 aromatic rings. The van der Waals surface area contributed by atoms with Crippen LogP contribution >= 0.6 is 15.9 Å². The summed E-state index contributed by atoms with van der Waals surface area (Å²) < 4.78 is 11.1. The molecule has 0 fully saturated rings. The molecule has 0 aliphatic carbocycles. The van der Waals surface area contributed by atoms with Crippen LogP contribution in [0, 0.1) is 0 Å². The van der Waals surface area contributed by atoms with Crippen molar-refractivity contribution >= 4 is 21.7 Å². The maximum Gasteiger partial charge on any atom is 0.163 e. The summed E-state index contributed by atoms with van der Waals surface area (Å²) >= 11 is 3.40. The van der Waals surface area contributed by atoms with Gasteiger partial charge in [-0.05, 0) is 58.2 Å². The molecule has 0 N–H and O–H groups in total. The number of Topliss-reactive ketones (excluding diaryl/α,β-unsaturated/α-hetero) is 1. The Hall–Kier alpha value is -1.81.